The van der Waals surface area contributed by atoms with Gasteiger partial charge in [0.2, 0.25) is 0 Å². The van der Waals surface area contributed by atoms with Gasteiger partial charge in [0, 0.05) is 17.7 Å². The molecule has 1 saturated heterocycles. The first-order chi connectivity index (χ1) is 16.2. The molecule has 1 atom stereocenters. The summed E-state index contributed by atoms with van der Waals surface area (Å²) in [6.07, 6.45) is 0.705. The zero-order valence-corrected chi connectivity index (χ0v) is 20.6. The van der Waals surface area contributed by atoms with Gasteiger partial charge >= 0.3 is 0 Å². The highest BCUT2D eigenvalue weighted by Crippen LogP contribution is 2.42. The second-order valence-corrected chi connectivity index (χ2v) is 8.81. The molecule has 3 rings (SSSR count). The highest BCUT2D eigenvalue weighted by molar-refractivity contribution is 6.46. The van der Waals surface area contributed by atoms with E-state index >= 15 is 0 Å². The van der Waals surface area contributed by atoms with Crippen LogP contribution in [0.1, 0.15) is 44.4 Å². The number of rotatable bonds is 10. The summed E-state index contributed by atoms with van der Waals surface area (Å²) in [4.78, 5) is 29.9. The van der Waals surface area contributed by atoms with E-state index in [1.54, 1.807) is 29.2 Å². The normalized spacial score (nSPS) is 17.6. The summed E-state index contributed by atoms with van der Waals surface area (Å²) in [5, 5.41) is 11.3. The van der Waals surface area contributed by atoms with Gasteiger partial charge in [-0.2, -0.15) is 0 Å². The van der Waals surface area contributed by atoms with Crippen molar-refractivity contribution in [3.8, 4) is 11.5 Å². The summed E-state index contributed by atoms with van der Waals surface area (Å²) in [6, 6.07) is 13.5. The zero-order valence-electron chi connectivity index (χ0n) is 20.6. The van der Waals surface area contributed by atoms with Gasteiger partial charge in [-0.3, -0.25) is 9.59 Å². The van der Waals surface area contributed by atoms with Crippen LogP contribution < -0.4 is 9.47 Å². The Morgan fingerprint density at radius 2 is 1.76 bits per heavy atom. The molecule has 1 unspecified atom stereocenters. The molecule has 1 amide bonds. The third kappa shape index (κ3) is 5.59. The number of para-hydroxylation sites is 1. The molecule has 1 aliphatic heterocycles. The minimum absolute atomic E-state index is 0.0157. The number of amides is 1. The maximum Gasteiger partial charge on any atom is 0.295 e. The molecule has 0 saturated carbocycles. The molecule has 0 bridgehead atoms. The van der Waals surface area contributed by atoms with Crippen molar-refractivity contribution in [2.45, 2.75) is 39.3 Å². The quantitative estimate of drug-likeness (QED) is 0.320. The predicted molar refractivity (Wildman–Crippen MR) is 132 cm³/mol. The van der Waals surface area contributed by atoms with Crippen LogP contribution in [0, 0.1) is 0 Å². The molecule has 7 heteroatoms. The van der Waals surface area contributed by atoms with Crippen molar-refractivity contribution >= 4 is 17.4 Å². The van der Waals surface area contributed by atoms with Crippen LogP contribution >= 0.6 is 0 Å². The zero-order chi connectivity index (χ0) is 24.8. The molecule has 182 valence electrons. The van der Waals surface area contributed by atoms with E-state index in [0.29, 0.717) is 42.2 Å². The van der Waals surface area contributed by atoms with Gasteiger partial charge < -0.3 is 24.4 Å². The summed E-state index contributed by atoms with van der Waals surface area (Å²) in [5.41, 5.74) is 1.19. The largest absolute Gasteiger partial charge is 0.507 e. The average Bonchev–Trinajstić information content (AvgIpc) is 3.04. The number of hydrogen-bond donors (Lipinski definition) is 1. The standard InChI is InChI=1S/C27H34N2O5/c1-6-33-22-11-8-7-10-21(22)24-23(26(31)27(32)29(24)17-9-16-28(4)5)25(30)19-12-14-20(15-13-19)34-18(2)3/h7-8,10-15,18,24,30H,6,9,16-17H2,1-5H3/b25-23-. The number of benzene rings is 2. The Labute approximate surface area is 201 Å². The number of aliphatic hydroxyl groups excluding tert-OH is 1. The molecule has 0 aromatic heterocycles. The Kier molecular flexibility index (Phi) is 8.34. The lowest BCUT2D eigenvalue weighted by atomic mass is 9.94. The first-order valence-electron chi connectivity index (χ1n) is 11.7. The lowest BCUT2D eigenvalue weighted by molar-refractivity contribution is -0.140. The Bertz CT molecular complexity index is 1040. The van der Waals surface area contributed by atoms with Gasteiger partial charge in [-0.1, -0.05) is 18.2 Å². The number of likely N-dealkylation sites (tertiary alicyclic amines) is 1. The van der Waals surface area contributed by atoms with Crippen LogP contribution in [-0.4, -0.2) is 66.5 Å². The molecule has 2 aromatic carbocycles. The van der Waals surface area contributed by atoms with Crippen molar-refractivity contribution in [2.75, 3.05) is 33.8 Å². The average molecular weight is 467 g/mol. The van der Waals surface area contributed by atoms with Crippen LogP contribution in [0.5, 0.6) is 11.5 Å². The Balaban J connectivity index is 2.09. The van der Waals surface area contributed by atoms with E-state index in [1.165, 1.54) is 0 Å². The molecular formula is C27H34N2O5. The van der Waals surface area contributed by atoms with Gasteiger partial charge in [-0.25, -0.2) is 0 Å². The summed E-state index contributed by atoms with van der Waals surface area (Å²) in [7, 11) is 3.92. The number of carbonyl (C=O) groups excluding carboxylic acids is 2. The van der Waals surface area contributed by atoms with Gasteiger partial charge in [0.05, 0.1) is 24.3 Å². The first kappa shape index (κ1) is 25.3. The molecule has 0 spiro atoms. The molecule has 1 fully saturated rings. The van der Waals surface area contributed by atoms with Gasteiger partial charge in [-0.05, 0) is 78.2 Å². The summed E-state index contributed by atoms with van der Waals surface area (Å²) in [6.45, 7) is 7.33. The summed E-state index contributed by atoms with van der Waals surface area (Å²) < 4.78 is 11.5. The van der Waals surface area contributed by atoms with E-state index in [0.717, 1.165) is 6.54 Å². The van der Waals surface area contributed by atoms with Crippen molar-refractivity contribution in [1.29, 1.82) is 0 Å². The maximum atomic E-state index is 13.2. The summed E-state index contributed by atoms with van der Waals surface area (Å²) >= 11 is 0. The number of Topliss-reactive ketones (excluding diaryl/α,β-unsaturated/α-hetero) is 1. The van der Waals surface area contributed by atoms with Gasteiger partial charge in [0.1, 0.15) is 17.3 Å². The molecule has 2 aromatic rings. The topological polar surface area (TPSA) is 79.3 Å². The second-order valence-electron chi connectivity index (χ2n) is 8.81. The lowest BCUT2D eigenvalue weighted by Gasteiger charge is -2.27. The van der Waals surface area contributed by atoms with Crippen LogP contribution in [0.4, 0.5) is 0 Å². The number of nitrogens with zero attached hydrogens (tertiary/aromatic N) is 2. The van der Waals surface area contributed by atoms with E-state index in [9.17, 15) is 14.7 Å². The van der Waals surface area contributed by atoms with Crippen LogP contribution in [0.3, 0.4) is 0 Å². The van der Waals surface area contributed by atoms with E-state index in [1.807, 2.05) is 64.0 Å². The van der Waals surface area contributed by atoms with Crippen LogP contribution in [0.25, 0.3) is 5.76 Å². The van der Waals surface area contributed by atoms with Crippen molar-refractivity contribution in [2.24, 2.45) is 0 Å². The van der Waals surface area contributed by atoms with Crippen LogP contribution in [0.2, 0.25) is 0 Å². The lowest BCUT2D eigenvalue weighted by Crippen LogP contribution is -2.32. The smallest absolute Gasteiger partial charge is 0.295 e. The van der Waals surface area contributed by atoms with Gasteiger partial charge in [0.15, 0.2) is 0 Å². The molecule has 0 aliphatic carbocycles. The van der Waals surface area contributed by atoms with Gasteiger partial charge in [0.25, 0.3) is 11.7 Å². The fraction of sp³-hybridized carbons (Fsp3) is 0.407. The fourth-order valence-corrected chi connectivity index (χ4v) is 4.10. The van der Waals surface area contributed by atoms with E-state index in [4.69, 9.17) is 9.47 Å². The minimum Gasteiger partial charge on any atom is -0.507 e. The van der Waals surface area contributed by atoms with Crippen LogP contribution in [0.15, 0.2) is 54.1 Å². The molecular weight excluding hydrogens is 432 g/mol. The number of ether oxygens (including phenoxy) is 2. The number of hydrogen-bond acceptors (Lipinski definition) is 6. The van der Waals surface area contributed by atoms with E-state index in [2.05, 4.69) is 0 Å². The molecule has 1 heterocycles. The predicted octanol–water partition coefficient (Wildman–Crippen LogP) is 4.25. The second kappa shape index (κ2) is 11.2. The first-order valence-corrected chi connectivity index (χ1v) is 11.7. The minimum atomic E-state index is -0.739. The molecule has 34 heavy (non-hydrogen) atoms. The Morgan fingerprint density at radius 1 is 1.09 bits per heavy atom. The van der Waals surface area contributed by atoms with Gasteiger partial charge in [-0.15, -0.1) is 0 Å². The molecule has 0 radical (unpaired) electrons. The molecule has 7 nitrogen and oxygen atoms in total. The van der Waals surface area contributed by atoms with Crippen molar-refractivity contribution in [3.63, 3.8) is 0 Å². The summed E-state index contributed by atoms with van der Waals surface area (Å²) in [5.74, 6) is -0.270. The highest BCUT2D eigenvalue weighted by atomic mass is 16.5. The van der Waals surface area contributed by atoms with Crippen LogP contribution in [-0.2, 0) is 9.59 Å². The third-order valence-electron chi connectivity index (χ3n) is 5.56. The number of carbonyl (C=O) groups is 2. The Morgan fingerprint density at radius 3 is 2.38 bits per heavy atom. The maximum absolute atomic E-state index is 13.2. The number of aliphatic hydroxyl groups is 1. The highest BCUT2D eigenvalue weighted by Gasteiger charge is 2.46. The van der Waals surface area contributed by atoms with Crippen molar-refractivity contribution < 1.29 is 24.2 Å². The monoisotopic (exact) mass is 466 g/mol. The molecule has 1 aliphatic rings. The SMILES string of the molecule is CCOc1ccccc1C1/C(=C(/O)c2ccc(OC(C)C)cc2)C(=O)C(=O)N1CCCN(C)C. The fourth-order valence-electron chi connectivity index (χ4n) is 4.10. The van der Waals surface area contributed by atoms with Crippen molar-refractivity contribution in [1.82, 2.24) is 9.80 Å². The Hall–Kier alpha value is -3.32. The van der Waals surface area contributed by atoms with Crippen molar-refractivity contribution in [3.05, 3.63) is 65.2 Å². The molecule has 1 N–H and O–H groups in total. The number of ketones is 1. The third-order valence-corrected chi connectivity index (χ3v) is 5.56. The van der Waals surface area contributed by atoms with E-state index < -0.39 is 17.7 Å². The van der Waals surface area contributed by atoms with E-state index in [-0.39, 0.29) is 17.4 Å².